The summed E-state index contributed by atoms with van der Waals surface area (Å²) in [5.74, 6) is -0.188. The third-order valence-electron chi connectivity index (χ3n) is 3.79. The number of hydrazone groups is 1. The molecule has 0 spiro atoms. The van der Waals surface area contributed by atoms with Gasteiger partial charge in [-0.05, 0) is 32.9 Å². The molecule has 6 nitrogen and oxygen atoms in total. The average Bonchev–Trinajstić information content (AvgIpc) is 2.92. The van der Waals surface area contributed by atoms with E-state index < -0.39 is 0 Å². The molecule has 0 bridgehead atoms. The van der Waals surface area contributed by atoms with Crippen LogP contribution in [-0.2, 0) is 9.59 Å². The summed E-state index contributed by atoms with van der Waals surface area (Å²) in [5.41, 5.74) is 0.454. The summed E-state index contributed by atoms with van der Waals surface area (Å²) in [4.78, 5) is 25.6. The highest BCUT2D eigenvalue weighted by molar-refractivity contribution is 6.39. The summed E-state index contributed by atoms with van der Waals surface area (Å²) in [7, 11) is 1.58. The van der Waals surface area contributed by atoms with Gasteiger partial charge in [-0.3, -0.25) is 14.5 Å². The molecule has 0 aromatic carbocycles. The fourth-order valence-electron chi connectivity index (χ4n) is 2.49. The van der Waals surface area contributed by atoms with Crippen molar-refractivity contribution in [1.29, 1.82) is 0 Å². The normalized spacial score (nSPS) is 22.3. The van der Waals surface area contributed by atoms with E-state index in [9.17, 15) is 9.59 Å². The van der Waals surface area contributed by atoms with Crippen LogP contribution in [0.3, 0.4) is 0 Å². The Morgan fingerprint density at radius 3 is 2.68 bits per heavy atom. The summed E-state index contributed by atoms with van der Waals surface area (Å²) in [6.07, 6.45) is 3.30. The highest BCUT2D eigenvalue weighted by Crippen LogP contribution is 2.11. The monoisotopic (exact) mass is 266 g/mol. The van der Waals surface area contributed by atoms with Crippen LogP contribution in [0.15, 0.2) is 5.10 Å². The van der Waals surface area contributed by atoms with Crippen LogP contribution < -0.4 is 5.32 Å². The quantitative estimate of drug-likeness (QED) is 0.790. The number of hydrogen-bond acceptors (Lipinski definition) is 4. The topological polar surface area (TPSA) is 65.0 Å². The summed E-state index contributed by atoms with van der Waals surface area (Å²) in [5, 5.41) is 8.18. The van der Waals surface area contributed by atoms with E-state index in [1.54, 1.807) is 7.05 Å². The van der Waals surface area contributed by atoms with E-state index in [2.05, 4.69) is 22.2 Å². The van der Waals surface area contributed by atoms with Crippen LogP contribution in [0, 0.1) is 0 Å². The zero-order valence-electron chi connectivity index (χ0n) is 11.7. The van der Waals surface area contributed by atoms with Crippen molar-refractivity contribution in [3.8, 4) is 0 Å². The molecular formula is C13H22N4O2. The number of carbonyl (C=O) groups is 2. The van der Waals surface area contributed by atoms with Crippen molar-refractivity contribution in [3.63, 3.8) is 0 Å². The van der Waals surface area contributed by atoms with Crippen molar-refractivity contribution in [1.82, 2.24) is 15.2 Å². The van der Waals surface area contributed by atoms with Gasteiger partial charge in [-0.15, -0.1) is 0 Å². The van der Waals surface area contributed by atoms with Gasteiger partial charge < -0.3 is 5.32 Å². The van der Waals surface area contributed by atoms with Gasteiger partial charge in [0, 0.05) is 32.5 Å². The van der Waals surface area contributed by atoms with Crippen LogP contribution in [0.1, 0.15) is 32.6 Å². The molecule has 0 aromatic rings. The van der Waals surface area contributed by atoms with Crippen LogP contribution in [0.25, 0.3) is 0 Å². The number of likely N-dealkylation sites (tertiary alicyclic amines) is 1. The minimum Gasteiger partial charge on any atom is -0.349 e. The SMILES string of the molecule is CC(CNC(=O)C1=NN(C)C(=O)CC1)N1CCCC1. The summed E-state index contributed by atoms with van der Waals surface area (Å²) in [6, 6.07) is 0.356. The third kappa shape index (κ3) is 3.53. The molecule has 1 fully saturated rings. The first-order valence-electron chi connectivity index (χ1n) is 6.94. The first-order chi connectivity index (χ1) is 9.08. The van der Waals surface area contributed by atoms with Crippen molar-refractivity contribution in [2.75, 3.05) is 26.7 Å². The van der Waals surface area contributed by atoms with Gasteiger partial charge in [-0.1, -0.05) is 0 Å². The third-order valence-corrected chi connectivity index (χ3v) is 3.79. The lowest BCUT2D eigenvalue weighted by Gasteiger charge is -2.24. The fraction of sp³-hybridized carbons (Fsp3) is 0.769. The first-order valence-corrected chi connectivity index (χ1v) is 6.94. The molecular weight excluding hydrogens is 244 g/mol. The lowest BCUT2D eigenvalue weighted by molar-refractivity contribution is -0.130. The average molecular weight is 266 g/mol. The van der Waals surface area contributed by atoms with Crippen LogP contribution in [0.2, 0.25) is 0 Å². The lowest BCUT2D eigenvalue weighted by Crippen LogP contribution is -2.44. The maximum absolute atomic E-state index is 12.0. The van der Waals surface area contributed by atoms with Crippen molar-refractivity contribution >= 4 is 17.5 Å². The number of nitrogens with one attached hydrogen (secondary N) is 1. The molecule has 0 radical (unpaired) electrons. The highest BCUT2D eigenvalue weighted by atomic mass is 16.2. The van der Waals surface area contributed by atoms with Crippen LogP contribution in [0.5, 0.6) is 0 Å². The van der Waals surface area contributed by atoms with E-state index in [-0.39, 0.29) is 11.8 Å². The van der Waals surface area contributed by atoms with E-state index >= 15 is 0 Å². The number of carbonyl (C=O) groups excluding carboxylic acids is 2. The molecule has 2 heterocycles. The molecule has 2 amide bonds. The maximum Gasteiger partial charge on any atom is 0.267 e. The van der Waals surface area contributed by atoms with Crippen molar-refractivity contribution in [2.24, 2.45) is 5.10 Å². The second-order valence-corrected chi connectivity index (χ2v) is 5.27. The Labute approximate surface area is 113 Å². The minimum absolute atomic E-state index is 0.0398. The van der Waals surface area contributed by atoms with Gasteiger partial charge in [0.2, 0.25) is 5.91 Å². The zero-order valence-corrected chi connectivity index (χ0v) is 11.7. The van der Waals surface area contributed by atoms with Crippen molar-refractivity contribution in [2.45, 2.75) is 38.6 Å². The Morgan fingerprint density at radius 2 is 2.05 bits per heavy atom. The number of rotatable bonds is 4. The maximum atomic E-state index is 12.0. The van der Waals surface area contributed by atoms with Crippen LogP contribution >= 0.6 is 0 Å². The van der Waals surface area contributed by atoms with Crippen molar-refractivity contribution < 1.29 is 9.59 Å². The van der Waals surface area contributed by atoms with E-state index in [4.69, 9.17) is 0 Å². The van der Waals surface area contributed by atoms with E-state index in [0.717, 1.165) is 13.1 Å². The Balaban J connectivity index is 1.81. The molecule has 6 heteroatoms. The van der Waals surface area contributed by atoms with Crippen LogP contribution in [0.4, 0.5) is 0 Å². The molecule has 1 atom stereocenters. The van der Waals surface area contributed by atoms with Gasteiger partial charge in [-0.25, -0.2) is 5.01 Å². The fourth-order valence-corrected chi connectivity index (χ4v) is 2.49. The molecule has 2 rings (SSSR count). The predicted octanol–water partition coefficient (Wildman–Crippen LogP) is 0.195. The van der Waals surface area contributed by atoms with Gasteiger partial charge >= 0.3 is 0 Å². The second-order valence-electron chi connectivity index (χ2n) is 5.27. The van der Waals surface area contributed by atoms with E-state index in [1.165, 1.54) is 17.9 Å². The largest absolute Gasteiger partial charge is 0.349 e. The molecule has 106 valence electrons. The molecule has 1 saturated heterocycles. The van der Waals surface area contributed by atoms with Gasteiger partial charge in [0.05, 0.1) is 0 Å². The summed E-state index contributed by atoms with van der Waals surface area (Å²) >= 11 is 0. The minimum atomic E-state index is -0.148. The molecule has 0 saturated carbocycles. The lowest BCUT2D eigenvalue weighted by atomic mass is 10.1. The molecule has 0 aliphatic carbocycles. The number of nitrogens with zero attached hydrogens (tertiary/aromatic N) is 3. The zero-order chi connectivity index (χ0) is 13.8. The van der Waals surface area contributed by atoms with E-state index in [0.29, 0.717) is 31.1 Å². The molecule has 1 unspecified atom stereocenters. The molecule has 19 heavy (non-hydrogen) atoms. The van der Waals surface area contributed by atoms with Crippen LogP contribution in [-0.4, -0.2) is 60.2 Å². The molecule has 1 N–H and O–H groups in total. The highest BCUT2D eigenvalue weighted by Gasteiger charge is 2.23. The Morgan fingerprint density at radius 1 is 1.37 bits per heavy atom. The van der Waals surface area contributed by atoms with Gasteiger partial charge in [-0.2, -0.15) is 5.10 Å². The number of hydrogen-bond donors (Lipinski definition) is 1. The predicted molar refractivity (Wildman–Crippen MR) is 72.7 cm³/mol. The summed E-state index contributed by atoms with van der Waals surface area (Å²) in [6.45, 7) is 5.00. The molecule has 2 aliphatic rings. The summed E-state index contributed by atoms with van der Waals surface area (Å²) < 4.78 is 0. The van der Waals surface area contributed by atoms with Gasteiger partial charge in [0.25, 0.3) is 5.91 Å². The van der Waals surface area contributed by atoms with E-state index in [1.807, 2.05) is 0 Å². The Bertz CT molecular complexity index is 388. The number of amides is 2. The molecule has 2 aliphatic heterocycles. The van der Waals surface area contributed by atoms with Crippen molar-refractivity contribution in [3.05, 3.63) is 0 Å². The molecule has 0 aromatic heterocycles. The Kier molecular flexibility index (Phi) is 4.52. The Hall–Kier alpha value is -1.43. The first kappa shape index (κ1) is 14.0. The standard InChI is InChI=1S/C13H22N4O2/c1-10(17-7-3-4-8-17)9-14-13(19)11-5-6-12(18)16(2)15-11/h10H,3-9H2,1-2H3,(H,14,19). The van der Waals surface area contributed by atoms with Gasteiger partial charge in [0.15, 0.2) is 0 Å². The van der Waals surface area contributed by atoms with Gasteiger partial charge in [0.1, 0.15) is 5.71 Å². The second kappa shape index (κ2) is 6.14. The smallest absolute Gasteiger partial charge is 0.267 e.